The van der Waals surface area contributed by atoms with Crippen LogP contribution in [0, 0.1) is 11.3 Å². The van der Waals surface area contributed by atoms with Crippen molar-refractivity contribution in [1.82, 2.24) is 0 Å². The summed E-state index contributed by atoms with van der Waals surface area (Å²) in [5.41, 5.74) is -1.21. The molecule has 0 radical (unpaired) electrons. The number of ketones is 1. The minimum atomic E-state index is -1.21. The normalized spacial score (nSPS) is 34.8. The van der Waals surface area contributed by atoms with Crippen molar-refractivity contribution in [1.29, 1.82) is 0 Å². The summed E-state index contributed by atoms with van der Waals surface area (Å²) in [6.45, 7) is 5.71. The molecule has 1 aliphatic heterocycles. The maximum Gasteiger partial charge on any atom is 0.322 e. The Hall–Kier alpha value is -1.39. The van der Waals surface area contributed by atoms with Crippen LogP contribution in [-0.2, 0) is 23.9 Å². The smallest absolute Gasteiger partial charge is 0.322 e. The fourth-order valence-electron chi connectivity index (χ4n) is 1.54. The summed E-state index contributed by atoms with van der Waals surface area (Å²) in [5, 5.41) is 0. The molecular weight excluding hydrogens is 200 g/mol. The summed E-state index contributed by atoms with van der Waals surface area (Å²) in [6, 6.07) is 0. The molecule has 15 heavy (non-hydrogen) atoms. The molecule has 3 atom stereocenters. The first kappa shape index (κ1) is 11.7. The number of rotatable bonds is 2. The molecule has 0 aromatic rings. The van der Waals surface area contributed by atoms with E-state index in [1.807, 2.05) is 0 Å². The van der Waals surface area contributed by atoms with Crippen LogP contribution in [0.2, 0.25) is 0 Å². The SMILES string of the molecule is CC(=O)O[C@H]1OC(=O)[C@](C)(C(C)=O)[C@H]1C. The molecule has 0 N–H and O–H groups in total. The number of Topliss-reactive ketones (excluding diaryl/α,β-unsaturated/α-hetero) is 1. The predicted octanol–water partition coefficient (Wildman–Crippen LogP) is 0.664. The van der Waals surface area contributed by atoms with Crippen molar-refractivity contribution in [3.05, 3.63) is 0 Å². The van der Waals surface area contributed by atoms with E-state index in [0.717, 1.165) is 0 Å². The minimum absolute atomic E-state index is 0.283. The van der Waals surface area contributed by atoms with Crippen LogP contribution in [0.5, 0.6) is 0 Å². The largest absolute Gasteiger partial charge is 0.425 e. The number of esters is 2. The van der Waals surface area contributed by atoms with Gasteiger partial charge in [0.15, 0.2) is 0 Å². The Morgan fingerprint density at radius 3 is 2.27 bits per heavy atom. The van der Waals surface area contributed by atoms with Gasteiger partial charge in [-0.25, -0.2) is 0 Å². The molecular formula is C10H14O5. The average Bonchev–Trinajstić information content (AvgIpc) is 2.31. The van der Waals surface area contributed by atoms with Crippen LogP contribution < -0.4 is 0 Å². The topological polar surface area (TPSA) is 69.7 Å². The molecule has 1 aliphatic rings. The summed E-state index contributed by atoms with van der Waals surface area (Å²) in [6.07, 6.45) is -0.955. The van der Waals surface area contributed by atoms with Crippen LogP contribution in [0.25, 0.3) is 0 Å². The van der Waals surface area contributed by atoms with Gasteiger partial charge in [0.25, 0.3) is 6.29 Å². The zero-order valence-corrected chi connectivity index (χ0v) is 9.20. The Bertz CT molecular complexity index is 322. The van der Waals surface area contributed by atoms with E-state index in [1.54, 1.807) is 6.92 Å². The first-order chi connectivity index (χ1) is 6.80. The lowest BCUT2D eigenvalue weighted by molar-refractivity contribution is -0.179. The van der Waals surface area contributed by atoms with E-state index in [2.05, 4.69) is 0 Å². The lowest BCUT2D eigenvalue weighted by Crippen LogP contribution is -2.37. The van der Waals surface area contributed by atoms with E-state index < -0.39 is 29.6 Å². The molecule has 0 unspecified atom stereocenters. The van der Waals surface area contributed by atoms with Crippen LogP contribution in [0.15, 0.2) is 0 Å². The predicted molar refractivity (Wildman–Crippen MR) is 49.6 cm³/mol. The van der Waals surface area contributed by atoms with Crippen molar-refractivity contribution in [2.24, 2.45) is 11.3 Å². The maximum absolute atomic E-state index is 11.5. The minimum Gasteiger partial charge on any atom is -0.425 e. The summed E-state index contributed by atoms with van der Waals surface area (Å²) in [4.78, 5) is 33.6. The standard InChI is InChI=1S/C10H14O5/c1-5-8(14-7(3)12)15-9(13)10(5,4)6(2)11/h5,8H,1-4H3/t5-,8-,10-/m0/s1. The summed E-state index contributed by atoms with van der Waals surface area (Å²) in [5.74, 6) is -1.91. The molecule has 1 rings (SSSR count). The van der Waals surface area contributed by atoms with Crippen molar-refractivity contribution in [2.45, 2.75) is 34.0 Å². The highest BCUT2D eigenvalue weighted by molar-refractivity contribution is 6.03. The molecule has 5 nitrogen and oxygen atoms in total. The van der Waals surface area contributed by atoms with Crippen molar-refractivity contribution in [3.8, 4) is 0 Å². The van der Waals surface area contributed by atoms with E-state index >= 15 is 0 Å². The number of hydrogen-bond donors (Lipinski definition) is 0. The monoisotopic (exact) mass is 214 g/mol. The van der Waals surface area contributed by atoms with Gasteiger partial charge in [-0.2, -0.15) is 0 Å². The Labute approximate surface area is 87.7 Å². The Kier molecular flexibility index (Phi) is 2.83. The lowest BCUT2D eigenvalue weighted by atomic mass is 9.77. The average molecular weight is 214 g/mol. The molecule has 0 saturated carbocycles. The van der Waals surface area contributed by atoms with Crippen molar-refractivity contribution >= 4 is 17.7 Å². The van der Waals surface area contributed by atoms with Gasteiger partial charge in [0.2, 0.25) is 0 Å². The third-order valence-corrected chi connectivity index (χ3v) is 2.98. The van der Waals surface area contributed by atoms with Crippen LogP contribution in [0.4, 0.5) is 0 Å². The molecule has 0 aliphatic carbocycles. The number of carbonyl (C=O) groups is 3. The second-order valence-corrected chi connectivity index (χ2v) is 3.93. The van der Waals surface area contributed by atoms with Gasteiger partial charge in [-0.05, 0) is 13.8 Å². The number of carbonyl (C=O) groups excluding carboxylic acids is 3. The van der Waals surface area contributed by atoms with Crippen LogP contribution in [-0.4, -0.2) is 24.0 Å². The quantitative estimate of drug-likeness (QED) is 0.499. The van der Waals surface area contributed by atoms with Gasteiger partial charge < -0.3 is 9.47 Å². The number of ether oxygens (including phenoxy) is 2. The second-order valence-electron chi connectivity index (χ2n) is 3.93. The molecule has 1 heterocycles. The van der Waals surface area contributed by atoms with Gasteiger partial charge in [0, 0.05) is 6.92 Å². The summed E-state index contributed by atoms with van der Waals surface area (Å²) in [7, 11) is 0. The highest BCUT2D eigenvalue weighted by Gasteiger charge is 2.56. The Balaban J connectivity index is 2.92. The van der Waals surface area contributed by atoms with Gasteiger partial charge in [-0.15, -0.1) is 0 Å². The van der Waals surface area contributed by atoms with Gasteiger partial charge in [0.1, 0.15) is 11.2 Å². The zero-order chi connectivity index (χ0) is 11.8. The van der Waals surface area contributed by atoms with Gasteiger partial charge in [-0.1, -0.05) is 6.92 Å². The van der Waals surface area contributed by atoms with Crippen LogP contribution in [0.3, 0.4) is 0 Å². The molecule has 84 valence electrons. The van der Waals surface area contributed by atoms with E-state index in [-0.39, 0.29) is 5.78 Å². The van der Waals surface area contributed by atoms with Gasteiger partial charge in [0.05, 0.1) is 5.92 Å². The molecule has 1 fully saturated rings. The van der Waals surface area contributed by atoms with E-state index in [0.29, 0.717) is 0 Å². The van der Waals surface area contributed by atoms with E-state index in [4.69, 9.17) is 9.47 Å². The van der Waals surface area contributed by atoms with Crippen LogP contribution in [0.1, 0.15) is 27.7 Å². The zero-order valence-electron chi connectivity index (χ0n) is 9.20. The van der Waals surface area contributed by atoms with Crippen LogP contribution >= 0.6 is 0 Å². The Morgan fingerprint density at radius 2 is 1.93 bits per heavy atom. The molecule has 1 saturated heterocycles. The molecule has 0 bridgehead atoms. The molecule has 0 spiro atoms. The first-order valence-electron chi connectivity index (χ1n) is 4.69. The van der Waals surface area contributed by atoms with Crippen molar-refractivity contribution in [3.63, 3.8) is 0 Å². The van der Waals surface area contributed by atoms with E-state index in [1.165, 1.54) is 20.8 Å². The molecule has 5 heteroatoms. The highest BCUT2D eigenvalue weighted by atomic mass is 16.7. The Morgan fingerprint density at radius 1 is 1.40 bits per heavy atom. The number of cyclic esters (lactones) is 1. The van der Waals surface area contributed by atoms with Crippen molar-refractivity contribution in [2.75, 3.05) is 0 Å². The second kappa shape index (κ2) is 3.64. The number of hydrogen-bond acceptors (Lipinski definition) is 5. The third-order valence-electron chi connectivity index (χ3n) is 2.98. The van der Waals surface area contributed by atoms with E-state index in [9.17, 15) is 14.4 Å². The first-order valence-corrected chi connectivity index (χ1v) is 4.69. The van der Waals surface area contributed by atoms with Crippen molar-refractivity contribution < 1.29 is 23.9 Å². The molecule has 0 aromatic carbocycles. The fraction of sp³-hybridized carbons (Fsp3) is 0.700. The highest BCUT2D eigenvalue weighted by Crippen LogP contribution is 2.40. The molecule has 0 aromatic heterocycles. The lowest BCUT2D eigenvalue weighted by Gasteiger charge is -2.21. The van der Waals surface area contributed by atoms with Gasteiger partial charge in [-0.3, -0.25) is 14.4 Å². The maximum atomic E-state index is 11.5. The summed E-state index contributed by atoms with van der Waals surface area (Å²) < 4.78 is 9.66. The third kappa shape index (κ3) is 1.73. The molecule has 0 amide bonds. The van der Waals surface area contributed by atoms with Gasteiger partial charge >= 0.3 is 11.9 Å². The fourth-order valence-corrected chi connectivity index (χ4v) is 1.54. The summed E-state index contributed by atoms with van der Waals surface area (Å²) >= 11 is 0.